The standard InChI is InChI=1S/C17H16O3/c1-3-9-20-11-7-8-12-14(10-11)17(18)13-5-4-6-15(19-2)16(12)13/h4-8,10H,3,9H2,1-2H3. The van der Waals surface area contributed by atoms with E-state index in [0.717, 1.165) is 29.0 Å². The van der Waals surface area contributed by atoms with Crippen LogP contribution in [0.15, 0.2) is 36.4 Å². The summed E-state index contributed by atoms with van der Waals surface area (Å²) in [6.07, 6.45) is 0.944. The molecule has 2 aromatic carbocycles. The smallest absolute Gasteiger partial charge is 0.194 e. The van der Waals surface area contributed by atoms with Crippen molar-refractivity contribution in [2.75, 3.05) is 13.7 Å². The molecule has 2 aromatic rings. The molecule has 1 aliphatic rings. The van der Waals surface area contributed by atoms with E-state index in [1.54, 1.807) is 7.11 Å². The first-order chi connectivity index (χ1) is 9.76. The number of hydrogen-bond acceptors (Lipinski definition) is 3. The first-order valence-corrected chi connectivity index (χ1v) is 6.75. The van der Waals surface area contributed by atoms with Gasteiger partial charge < -0.3 is 9.47 Å². The van der Waals surface area contributed by atoms with E-state index >= 15 is 0 Å². The van der Waals surface area contributed by atoms with Crippen LogP contribution < -0.4 is 9.47 Å². The number of rotatable bonds is 4. The molecule has 3 rings (SSSR count). The summed E-state index contributed by atoms with van der Waals surface area (Å²) in [4.78, 5) is 12.5. The van der Waals surface area contributed by atoms with Gasteiger partial charge in [0.1, 0.15) is 11.5 Å². The van der Waals surface area contributed by atoms with E-state index in [4.69, 9.17) is 9.47 Å². The fourth-order valence-electron chi connectivity index (χ4n) is 2.55. The van der Waals surface area contributed by atoms with Gasteiger partial charge in [-0.25, -0.2) is 0 Å². The lowest BCUT2D eigenvalue weighted by molar-refractivity contribution is 0.104. The molecule has 20 heavy (non-hydrogen) atoms. The number of carbonyl (C=O) groups is 1. The second-order valence-corrected chi connectivity index (χ2v) is 4.77. The SMILES string of the molecule is CCCOc1ccc2c(c1)C(=O)c1cccc(OC)c1-2. The number of ether oxygens (including phenoxy) is 2. The average molecular weight is 268 g/mol. The lowest BCUT2D eigenvalue weighted by Gasteiger charge is -2.08. The van der Waals surface area contributed by atoms with E-state index in [1.807, 2.05) is 36.4 Å². The van der Waals surface area contributed by atoms with Crippen molar-refractivity contribution < 1.29 is 14.3 Å². The molecule has 0 unspecified atom stereocenters. The number of hydrogen-bond donors (Lipinski definition) is 0. The van der Waals surface area contributed by atoms with Crippen LogP contribution in [0.25, 0.3) is 11.1 Å². The zero-order chi connectivity index (χ0) is 14.1. The molecule has 3 heteroatoms. The molecule has 0 amide bonds. The van der Waals surface area contributed by atoms with Crippen LogP contribution in [-0.2, 0) is 0 Å². The zero-order valence-corrected chi connectivity index (χ0v) is 11.6. The molecule has 0 saturated heterocycles. The normalized spacial score (nSPS) is 12.0. The third kappa shape index (κ3) is 1.86. The zero-order valence-electron chi connectivity index (χ0n) is 11.6. The van der Waals surface area contributed by atoms with Gasteiger partial charge in [-0.1, -0.05) is 19.1 Å². The molecule has 0 spiro atoms. The second-order valence-electron chi connectivity index (χ2n) is 4.77. The Hall–Kier alpha value is -2.29. The molecule has 102 valence electrons. The van der Waals surface area contributed by atoms with Crippen molar-refractivity contribution in [1.82, 2.24) is 0 Å². The summed E-state index contributed by atoms with van der Waals surface area (Å²) in [5.41, 5.74) is 3.20. The highest BCUT2D eigenvalue weighted by atomic mass is 16.5. The van der Waals surface area contributed by atoms with Gasteiger partial charge in [-0.3, -0.25) is 4.79 Å². The maximum atomic E-state index is 12.5. The molecule has 0 fully saturated rings. The van der Waals surface area contributed by atoms with Gasteiger partial charge in [-0.05, 0) is 36.2 Å². The average Bonchev–Trinajstić information content (AvgIpc) is 2.78. The van der Waals surface area contributed by atoms with Gasteiger partial charge in [-0.2, -0.15) is 0 Å². The molecule has 0 aliphatic heterocycles. The minimum Gasteiger partial charge on any atom is -0.496 e. The quantitative estimate of drug-likeness (QED) is 0.723. The number of methoxy groups -OCH3 is 1. The summed E-state index contributed by atoms with van der Waals surface area (Å²) in [6.45, 7) is 2.71. The van der Waals surface area contributed by atoms with Crippen LogP contribution in [-0.4, -0.2) is 19.5 Å². The van der Waals surface area contributed by atoms with E-state index < -0.39 is 0 Å². The third-order valence-electron chi connectivity index (χ3n) is 3.47. The summed E-state index contributed by atoms with van der Waals surface area (Å²) in [5, 5.41) is 0. The van der Waals surface area contributed by atoms with E-state index in [-0.39, 0.29) is 5.78 Å². The van der Waals surface area contributed by atoms with E-state index in [2.05, 4.69) is 6.92 Å². The lowest BCUT2D eigenvalue weighted by atomic mass is 10.0. The Morgan fingerprint density at radius 2 is 1.90 bits per heavy atom. The summed E-state index contributed by atoms with van der Waals surface area (Å²) < 4.78 is 11.0. The number of fused-ring (bicyclic) bond motifs is 3. The first kappa shape index (κ1) is 12.7. The topological polar surface area (TPSA) is 35.5 Å². The molecule has 0 bridgehead atoms. The number of benzene rings is 2. The summed E-state index contributed by atoms with van der Waals surface area (Å²) in [5.74, 6) is 1.51. The van der Waals surface area contributed by atoms with Crippen LogP contribution in [0.2, 0.25) is 0 Å². The number of ketones is 1. The van der Waals surface area contributed by atoms with Crippen molar-refractivity contribution in [2.45, 2.75) is 13.3 Å². The molecular weight excluding hydrogens is 252 g/mol. The van der Waals surface area contributed by atoms with Crippen molar-refractivity contribution in [2.24, 2.45) is 0 Å². The molecule has 0 saturated carbocycles. The monoisotopic (exact) mass is 268 g/mol. The highest BCUT2D eigenvalue weighted by Gasteiger charge is 2.29. The predicted octanol–water partition coefficient (Wildman–Crippen LogP) is 3.70. The fourth-order valence-corrected chi connectivity index (χ4v) is 2.55. The van der Waals surface area contributed by atoms with E-state index in [9.17, 15) is 4.79 Å². The van der Waals surface area contributed by atoms with Crippen molar-refractivity contribution in [3.05, 3.63) is 47.5 Å². The highest BCUT2D eigenvalue weighted by molar-refractivity contribution is 6.22. The van der Waals surface area contributed by atoms with Gasteiger partial charge in [0.25, 0.3) is 0 Å². The molecule has 3 nitrogen and oxygen atoms in total. The maximum absolute atomic E-state index is 12.5. The molecule has 0 aromatic heterocycles. The first-order valence-electron chi connectivity index (χ1n) is 6.75. The lowest BCUT2D eigenvalue weighted by Crippen LogP contribution is -1.98. The number of carbonyl (C=O) groups excluding carboxylic acids is 1. The van der Waals surface area contributed by atoms with Gasteiger partial charge in [0, 0.05) is 16.7 Å². The van der Waals surface area contributed by atoms with Crippen molar-refractivity contribution in [3.8, 4) is 22.6 Å². The summed E-state index contributed by atoms with van der Waals surface area (Å²) in [6, 6.07) is 11.2. The molecular formula is C17H16O3. The molecule has 0 heterocycles. The Kier molecular flexibility index (Phi) is 3.18. The van der Waals surface area contributed by atoms with Crippen molar-refractivity contribution >= 4 is 5.78 Å². The Morgan fingerprint density at radius 3 is 2.65 bits per heavy atom. The Balaban J connectivity index is 2.10. The van der Waals surface area contributed by atoms with Crippen molar-refractivity contribution in [3.63, 3.8) is 0 Å². The minimum absolute atomic E-state index is 0.0378. The van der Waals surface area contributed by atoms with Gasteiger partial charge in [-0.15, -0.1) is 0 Å². The van der Waals surface area contributed by atoms with Crippen LogP contribution in [0.5, 0.6) is 11.5 Å². The van der Waals surface area contributed by atoms with Crippen LogP contribution in [0.1, 0.15) is 29.3 Å². The van der Waals surface area contributed by atoms with Gasteiger partial charge >= 0.3 is 0 Å². The van der Waals surface area contributed by atoms with Crippen molar-refractivity contribution in [1.29, 1.82) is 0 Å². The largest absolute Gasteiger partial charge is 0.496 e. The van der Waals surface area contributed by atoms with Gasteiger partial charge in [0.05, 0.1) is 13.7 Å². The van der Waals surface area contributed by atoms with Gasteiger partial charge in [0.2, 0.25) is 0 Å². The Labute approximate surface area is 118 Å². The molecule has 1 aliphatic carbocycles. The summed E-state index contributed by atoms with van der Waals surface area (Å²) in [7, 11) is 1.62. The third-order valence-corrected chi connectivity index (χ3v) is 3.47. The molecule has 0 radical (unpaired) electrons. The Morgan fingerprint density at radius 1 is 1.05 bits per heavy atom. The van der Waals surface area contributed by atoms with Gasteiger partial charge in [0.15, 0.2) is 5.78 Å². The molecule has 0 atom stereocenters. The predicted molar refractivity (Wildman–Crippen MR) is 77.6 cm³/mol. The van der Waals surface area contributed by atoms with Crippen LogP contribution in [0.3, 0.4) is 0 Å². The fraction of sp³-hybridized carbons (Fsp3) is 0.235. The summed E-state index contributed by atoms with van der Waals surface area (Å²) >= 11 is 0. The minimum atomic E-state index is 0.0378. The van der Waals surface area contributed by atoms with Crippen LogP contribution >= 0.6 is 0 Å². The van der Waals surface area contributed by atoms with E-state index in [0.29, 0.717) is 17.7 Å². The molecule has 0 N–H and O–H groups in total. The Bertz CT molecular complexity index is 674. The van der Waals surface area contributed by atoms with Crippen LogP contribution in [0, 0.1) is 0 Å². The van der Waals surface area contributed by atoms with Crippen LogP contribution in [0.4, 0.5) is 0 Å². The maximum Gasteiger partial charge on any atom is 0.194 e. The van der Waals surface area contributed by atoms with E-state index in [1.165, 1.54) is 0 Å². The highest BCUT2D eigenvalue weighted by Crippen LogP contribution is 2.43. The second kappa shape index (κ2) is 5.00.